The van der Waals surface area contributed by atoms with Gasteiger partial charge in [-0.25, -0.2) is 13.6 Å². The lowest BCUT2D eigenvalue weighted by Gasteiger charge is -2.15. The van der Waals surface area contributed by atoms with E-state index in [2.05, 4.69) is 10.6 Å². The number of amides is 2. The maximum Gasteiger partial charge on any atom is 0.338 e. The smallest absolute Gasteiger partial charge is 0.338 e. The predicted octanol–water partition coefficient (Wildman–Crippen LogP) is 3.58. The molecule has 28 heavy (non-hydrogen) atoms. The minimum absolute atomic E-state index is 0.147. The molecule has 2 N–H and O–H groups in total. The second kappa shape index (κ2) is 8.39. The van der Waals surface area contributed by atoms with E-state index in [0.29, 0.717) is 23.9 Å². The fourth-order valence-corrected chi connectivity index (χ4v) is 3.39. The van der Waals surface area contributed by atoms with Gasteiger partial charge >= 0.3 is 5.97 Å². The molecule has 0 bridgehead atoms. The van der Waals surface area contributed by atoms with Gasteiger partial charge in [-0.3, -0.25) is 9.59 Å². The van der Waals surface area contributed by atoms with E-state index in [1.807, 2.05) is 0 Å². The van der Waals surface area contributed by atoms with Crippen molar-refractivity contribution in [3.05, 3.63) is 53.6 Å². The molecule has 0 unspecified atom stereocenters. The average molecular weight is 406 g/mol. The van der Waals surface area contributed by atoms with Crippen LogP contribution in [0.15, 0.2) is 41.3 Å². The van der Waals surface area contributed by atoms with E-state index < -0.39 is 29.6 Å². The zero-order valence-corrected chi connectivity index (χ0v) is 15.6. The van der Waals surface area contributed by atoms with Crippen LogP contribution in [0.4, 0.5) is 20.2 Å². The lowest BCUT2D eigenvalue weighted by molar-refractivity contribution is -0.123. The average Bonchev–Trinajstić information content (AvgIpc) is 2.83. The first-order chi connectivity index (χ1) is 13.3. The summed E-state index contributed by atoms with van der Waals surface area (Å²) < 4.78 is 31.7. The maximum absolute atomic E-state index is 13.6. The van der Waals surface area contributed by atoms with Gasteiger partial charge in [-0.05, 0) is 37.3 Å². The summed E-state index contributed by atoms with van der Waals surface area (Å²) in [5.74, 6) is -2.76. The van der Waals surface area contributed by atoms with Crippen molar-refractivity contribution in [3.63, 3.8) is 0 Å². The third-order valence-electron chi connectivity index (χ3n) is 3.92. The predicted molar refractivity (Wildman–Crippen MR) is 100 cm³/mol. The first-order valence-electron chi connectivity index (χ1n) is 8.37. The standard InChI is InChI=1S/C19H16F2N2O4S/c1-10(18(25)23-14-4-3-12(20)9-13(14)21)27-19(26)11-2-5-16-15(8-11)22-17(24)6-7-28-16/h2-5,8-10H,6-7H2,1H3,(H,22,24)(H,23,25)/t10-/m1/s1. The van der Waals surface area contributed by atoms with Gasteiger partial charge < -0.3 is 15.4 Å². The molecule has 0 aromatic heterocycles. The number of hydrogen-bond donors (Lipinski definition) is 2. The van der Waals surface area contributed by atoms with Crippen molar-refractivity contribution >= 4 is 40.9 Å². The first-order valence-corrected chi connectivity index (χ1v) is 9.35. The second-order valence-electron chi connectivity index (χ2n) is 6.02. The number of benzene rings is 2. The number of ether oxygens (including phenoxy) is 1. The lowest BCUT2D eigenvalue weighted by atomic mass is 10.2. The number of thioether (sulfide) groups is 1. The number of carbonyl (C=O) groups excluding carboxylic acids is 3. The third kappa shape index (κ3) is 4.66. The van der Waals surface area contributed by atoms with Crippen LogP contribution in [-0.2, 0) is 14.3 Å². The van der Waals surface area contributed by atoms with E-state index in [-0.39, 0.29) is 17.2 Å². The number of esters is 1. The topological polar surface area (TPSA) is 84.5 Å². The molecule has 0 saturated heterocycles. The SMILES string of the molecule is C[C@@H](OC(=O)c1ccc2c(c1)NC(=O)CCS2)C(=O)Nc1ccc(F)cc1F. The summed E-state index contributed by atoms with van der Waals surface area (Å²) >= 11 is 1.49. The van der Waals surface area contributed by atoms with Crippen LogP contribution in [0.2, 0.25) is 0 Å². The Morgan fingerprint density at radius 3 is 2.75 bits per heavy atom. The molecule has 0 radical (unpaired) electrons. The molecule has 1 aliphatic rings. The summed E-state index contributed by atoms with van der Waals surface area (Å²) in [5, 5.41) is 4.96. The molecule has 9 heteroatoms. The highest BCUT2D eigenvalue weighted by atomic mass is 32.2. The Hall–Kier alpha value is -2.94. The van der Waals surface area contributed by atoms with Crippen molar-refractivity contribution in [2.24, 2.45) is 0 Å². The van der Waals surface area contributed by atoms with Crippen molar-refractivity contribution in [1.29, 1.82) is 0 Å². The van der Waals surface area contributed by atoms with Crippen LogP contribution in [0.25, 0.3) is 0 Å². The zero-order chi connectivity index (χ0) is 20.3. The molecule has 0 fully saturated rings. The van der Waals surface area contributed by atoms with E-state index in [4.69, 9.17) is 4.74 Å². The summed E-state index contributed by atoms with van der Waals surface area (Å²) in [6.45, 7) is 1.33. The van der Waals surface area contributed by atoms with Gasteiger partial charge in [-0.1, -0.05) is 0 Å². The lowest BCUT2D eigenvalue weighted by Crippen LogP contribution is -2.30. The van der Waals surface area contributed by atoms with Gasteiger partial charge in [0.2, 0.25) is 5.91 Å². The number of fused-ring (bicyclic) bond motifs is 1. The summed E-state index contributed by atoms with van der Waals surface area (Å²) in [6.07, 6.45) is -0.851. The Labute approximate surface area is 163 Å². The summed E-state index contributed by atoms with van der Waals surface area (Å²) in [4.78, 5) is 37.0. The summed E-state index contributed by atoms with van der Waals surface area (Å²) in [5.41, 5.74) is 0.445. The third-order valence-corrected chi connectivity index (χ3v) is 4.99. The number of carbonyl (C=O) groups is 3. The number of rotatable bonds is 4. The van der Waals surface area contributed by atoms with Crippen LogP contribution in [0.3, 0.4) is 0 Å². The Morgan fingerprint density at radius 1 is 1.21 bits per heavy atom. The molecular formula is C19H16F2N2O4S. The van der Waals surface area contributed by atoms with Crippen molar-refractivity contribution in [2.45, 2.75) is 24.3 Å². The minimum atomic E-state index is -1.22. The van der Waals surface area contributed by atoms with E-state index in [1.165, 1.54) is 30.8 Å². The number of hydrogen-bond acceptors (Lipinski definition) is 5. The van der Waals surface area contributed by atoms with Crippen molar-refractivity contribution < 1.29 is 27.9 Å². The Kier molecular flexibility index (Phi) is 5.93. The number of anilines is 2. The van der Waals surface area contributed by atoms with Crippen molar-refractivity contribution in [2.75, 3.05) is 16.4 Å². The first kappa shape index (κ1) is 19.8. The molecule has 1 aliphatic heterocycles. The van der Waals surface area contributed by atoms with Crippen LogP contribution < -0.4 is 10.6 Å². The molecule has 0 saturated carbocycles. The molecule has 6 nitrogen and oxygen atoms in total. The Morgan fingerprint density at radius 2 is 2.00 bits per heavy atom. The molecule has 146 valence electrons. The van der Waals surface area contributed by atoms with E-state index in [1.54, 1.807) is 6.07 Å². The summed E-state index contributed by atoms with van der Waals surface area (Å²) in [6, 6.07) is 7.42. The molecule has 1 heterocycles. The molecule has 3 rings (SSSR count). The molecule has 1 atom stereocenters. The highest BCUT2D eigenvalue weighted by molar-refractivity contribution is 7.99. The monoisotopic (exact) mass is 406 g/mol. The van der Waals surface area contributed by atoms with E-state index in [9.17, 15) is 23.2 Å². The fourth-order valence-electron chi connectivity index (χ4n) is 2.45. The van der Waals surface area contributed by atoms with Gasteiger partial charge in [-0.2, -0.15) is 0 Å². The van der Waals surface area contributed by atoms with E-state index >= 15 is 0 Å². The highest BCUT2D eigenvalue weighted by Gasteiger charge is 2.22. The normalized spacial score (nSPS) is 14.3. The molecule has 2 aromatic rings. The maximum atomic E-state index is 13.6. The molecular weight excluding hydrogens is 390 g/mol. The Balaban J connectivity index is 1.66. The molecule has 2 aromatic carbocycles. The summed E-state index contributed by atoms with van der Waals surface area (Å²) in [7, 11) is 0. The fraction of sp³-hybridized carbons (Fsp3) is 0.211. The van der Waals surface area contributed by atoms with Crippen LogP contribution >= 0.6 is 11.8 Å². The molecule has 0 spiro atoms. The van der Waals surface area contributed by atoms with Gasteiger partial charge in [-0.15, -0.1) is 11.8 Å². The largest absolute Gasteiger partial charge is 0.449 e. The number of halogens is 2. The minimum Gasteiger partial charge on any atom is -0.449 e. The Bertz CT molecular complexity index is 952. The quantitative estimate of drug-likeness (QED) is 0.759. The van der Waals surface area contributed by atoms with E-state index in [0.717, 1.165) is 17.0 Å². The van der Waals surface area contributed by atoms with Crippen LogP contribution in [0, 0.1) is 11.6 Å². The highest BCUT2D eigenvalue weighted by Crippen LogP contribution is 2.31. The van der Waals surface area contributed by atoms with Gasteiger partial charge in [0, 0.05) is 23.1 Å². The van der Waals surface area contributed by atoms with Crippen LogP contribution in [0.5, 0.6) is 0 Å². The van der Waals surface area contributed by atoms with Gasteiger partial charge in [0.15, 0.2) is 6.10 Å². The molecule has 0 aliphatic carbocycles. The van der Waals surface area contributed by atoms with Crippen LogP contribution in [0.1, 0.15) is 23.7 Å². The van der Waals surface area contributed by atoms with Gasteiger partial charge in [0.1, 0.15) is 11.6 Å². The van der Waals surface area contributed by atoms with Gasteiger partial charge in [0.25, 0.3) is 5.91 Å². The molecule has 2 amide bonds. The zero-order valence-electron chi connectivity index (χ0n) is 14.8. The van der Waals surface area contributed by atoms with Crippen molar-refractivity contribution in [3.8, 4) is 0 Å². The van der Waals surface area contributed by atoms with Crippen LogP contribution in [-0.4, -0.2) is 29.6 Å². The van der Waals surface area contributed by atoms with Gasteiger partial charge in [0.05, 0.1) is 16.9 Å². The van der Waals surface area contributed by atoms with Crippen molar-refractivity contribution in [1.82, 2.24) is 0 Å². The second-order valence-corrected chi connectivity index (χ2v) is 7.16. The number of nitrogens with one attached hydrogen (secondary N) is 2.